The lowest BCUT2D eigenvalue weighted by atomic mass is 10.1. The van der Waals surface area contributed by atoms with Crippen LogP contribution in [0.15, 0.2) is 48.5 Å². The van der Waals surface area contributed by atoms with Crippen molar-refractivity contribution in [2.75, 3.05) is 44.2 Å². The van der Waals surface area contributed by atoms with Crippen LogP contribution in [0.3, 0.4) is 0 Å². The molecule has 0 saturated carbocycles. The summed E-state index contributed by atoms with van der Waals surface area (Å²) in [5.41, 5.74) is 3.59. The molecule has 27 heavy (non-hydrogen) atoms. The predicted octanol–water partition coefficient (Wildman–Crippen LogP) is 3.01. The second-order valence-corrected chi connectivity index (χ2v) is 7.12. The molecule has 1 aliphatic rings. The number of nitrogens with zero attached hydrogens (tertiary/aromatic N) is 2. The Morgan fingerprint density at radius 3 is 2.59 bits per heavy atom. The molecule has 0 aliphatic carbocycles. The van der Waals surface area contributed by atoms with Gasteiger partial charge in [-0.2, -0.15) is 0 Å². The summed E-state index contributed by atoms with van der Waals surface area (Å²) in [5, 5.41) is 3.04. The first-order valence-corrected chi connectivity index (χ1v) is 9.66. The number of hydrogen-bond acceptors (Lipinski definition) is 3. The van der Waals surface area contributed by atoms with E-state index in [1.165, 1.54) is 23.3 Å². The first-order chi connectivity index (χ1) is 13.1. The highest BCUT2D eigenvalue weighted by atomic mass is 19.1. The van der Waals surface area contributed by atoms with Gasteiger partial charge in [-0.15, -0.1) is 0 Å². The Bertz CT molecular complexity index is 747. The Kier molecular flexibility index (Phi) is 6.82. The number of hydrogen-bond donors (Lipinski definition) is 1. The molecule has 144 valence electrons. The fourth-order valence-electron chi connectivity index (χ4n) is 3.53. The van der Waals surface area contributed by atoms with Gasteiger partial charge < -0.3 is 10.2 Å². The molecule has 2 aromatic rings. The van der Waals surface area contributed by atoms with Crippen LogP contribution in [0.25, 0.3) is 0 Å². The molecule has 1 amide bonds. The lowest BCUT2D eigenvalue weighted by Crippen LogP contribution is -2.39. The van der Waals surface area contributed by atoms with E-state index in [1.807, 2.05) is 24.3 Å². The summed E-state index contributed by atoms with van der Waals surface area (Å²) in [6, 6.07) is 14.9. The molecule has 1 fully saturated rings. The van der Waals surface area contributed by atoms with Crippen LogP contribution in [0, 0.1) is 12.7 Å². The molecule has 2 aromatic carbocycles. The minimum atomic E-state index is -0.211. The molecule has 0 aromatic heterocycles. The zero-order valence-electron chi connectivity index (χ0n) is 16.0. The van der Waals surface area contributed by atoms with Crippen LogP contribution in [0.2, 0.25) is 0 Å². The van der Waals surface area contributed by atoms with Gasteiger partial charge in [0.2, 0.25) is 5.91 Å². The number of amides is 1. The third-order valence-corrected chi connectivity index (χ3v) is 5.13. The quantitative estimate of drug-likeness (QED) is 0.850. The van der Waals surface area contributed by atoms with Crippen molar-refractivity contribution in [3.05, 3.63) is 65.5 Å². The molecule has 1 aliphatic heterocycles. The second kappa shape index (κ2) is 9.51. The van der Waals surface area contributed by atoms with Gasteiger partial charge in [0.1, 0.15) is 5.82 Å². The molecule has 1 heterocycles. The van der Waals surface area contributed by atoms with E-state index < -0.39 is 0 Å². The highest BCUT2D eigenvalue weighted by Crippen LogP contribution is 2.17. The Morgan fingerprint density at radius 2 is 1.81 bits per heavy atom. The normalized spacial score (nSPS) is 15.4. The summed E-state index contributed by atoms with van der Waals surface area (Å²) < 4.78 is 13.1. The third kappa shape index (κ3) is 5.79. The van der Waals surface area contributed by atoms with Crippen LogP contribution in [-0.2, 0) is 11.2 Å². The molecule has 3 rings (SSSR count). The summed E-state index contributed by atoms with van der Waals surface area (Å²) in [4.78, 5) is 16.7. The summed E-state index contributed by atoms with van der Waals surface area (Å²) in [6.07, 6.45) is 1.85. The Morgan fingerprint density at radius 1 is 1.04 bits per heavy atom. The first kappa shape index (κ1) is 19.4. The maximum Gasteiger partial charge on any atom is 0.234 e. The summed E-state index contributed by atoms with van der Waals surface area (Å²) in [6.45, 7) is 6.72. The van der Waals surface area contributed by atoms with Gasteiger partial charge in [-0.05, 0) is 55.2 Å². The van der Waals surface area contributed by atoms with Gasteiger partial charge >= 0.3 is 0 Å². The lowest BCUT2D eigenvalue weighted by Gasteiger charge is -2.23. The maximum absolute atomic E-state index is 13.1. The molecule has 0 spiro atoms. The van der Waals surface area contributed by atoms with E-state index in [4.69, 9.17) is 0 Å². The predicted molar refractivity (Wildman–Crippen MR) is 108 cm³/mol. The molecule has 0 atom stereocenters. The number of nitrogens with one attached hydrogen (secondary N) is 1. The molecular formula is C22H28FN3O. The summed E-state index contributed by atoms with van der Waals surface area (Å²) in [7, 11) is 0. The molecule has 1 saturated heterocycles. The molecule has 5 heteroatoms. The van der Waals surface area contributed by atoms with Gasteiger partial charge in [-0.25, -0.2) is 4.39 Å². The highest BCUT2D eigenvalue weighted by molar-refractivity contribution is 5.78. The molecule has 1 N–H and O–H groups in total. The van der Waals surface area contributed by atoms with E-state index in [1.54, 1.807) is 0 Å². The van der Waals surface area contributed by atoms with Gasteiger partial charge in [-0.3, -0.25) is 9.69 Å². The average Bonchev–Trinajstić information content (AvgIpc) is 2.89. The molecule has 0 unspecified atom stereocenters. The average molecular weight is 369 g/mol. The number of carbonyl (C=O) groups excluding carboxylic acids is 1. The summed E-state index contributed by atoms with van der Waals surface area (Å²) in [5.74, 6) is -0.128. The number of anilines is 1. The van der Waals surface area contributed by atoms with Crippen molar-refractivity contribution in [3.63, 3.8) is 0 Å². The zero-order chi connectivity index (χ0) is 19.1. The highest BCUT2D eigenvalue weighted by Gasteiger charge is 2.17. The van der Waals surface area contributed by atoms with Crippen molar-refractivity contribution in [1.82, 2.24) is 10.2 Å². The van der Waals surface area contributed by atoms with Gasteiger partial charge in [0.05, 0.1) is 6.54 Å². The van der Waals surface area contributed by atoms with Crippen LogP contribution in [0.5, 0.6) is 0 Å². The first-order valence-electron chi connectivity index (χ1n) is 9.66. The van der Waals surface area contributed by atoms with Gasteiger partial charge in [0, 0.05) is 38.4 Å². The van der Waals surface area contributed by atoms with Crippen LogP contribution < -0.4 is 10.2 Å². The fourth-order valence-corrected chi connectivity index (χ4v) is 3.53. The standard InChI is InChI=1S/C22H28FN3O/c1-18-5-2-3-6-19(18)11-12-24-22(27)17-25-13-4-14-26(16-15-25)21-9-7-20(23)8-10-21/h2-3,5-10H,4,11-17H2,1H3,(H,24,27). The van der Waals surface area contributed by atoms with Gasteiger partial charge in [0.15, 0.2) is 0 Å². The van der Waals surface area contributed by atoms with E-state index in [2.05, 4.69) is 34.2 Å². The number of benzene rings is 2. The largest absolute Gasteiger partial charge is 0.370 e. The minimum absolute atomic E-state index is 0.0822. The smallest absolute Gasteiger partial charge is 0.234 e. The van der Waals surface area contributed by atoms with Crippen molar-refractivity contribution >= 4 is 11.6 Å². The van der Waals surface area contributed by atoms with Crippen LogP contribution in [0.1, 0.15) is 17.5 Å². The Balaban J connectivity index is 1.42. The lowest BCUT2D eigenvalue weighted by molar-refractivity contribution is -0.122. The number of carbonyl (C=O) groups is 1. The van der Waals surface area contributed by atoms with Crippen molar-refractivity contribution in [2.24, 2.45) is 0 Å². The summed E-state index contributed by atoms with van der Waals surface area (Å²) >= 11 is 0. The topological polar surface area (TPSA) is 35.6 Å². The van der Waals surface area contributed by atoms with E-state index >= 15 is 0 Å². The van der Waals surface area contributed by atoms with Crippen molar-refractivity contribution in [2.45, 2.75) is 19.8 Å². The number of aryl methyl sites for hydroxylation is 1. The zero-order valence-corrected chi connectivity index (χ0v) is 16.0. The number of halogens is 1. The molecule has 0 radical (unpaired) electrons. The van der Waals surface area contributed by atoms with Crippen LogP contribution >= 0.6 is 0 Å². The molecule has 4 nitrogen and oxygen atoms in total. The van der Waals surface area contributed by atoms with Crippen molar-refractivity contribution in [3.8, 4) is 0 Å². The van der Waals surface area contributed by atoms with E-state index in [0.29, 0.717) is 13.1 Å². The SMILES string of the molecule is Cc1ccccc1CCNC(=O)CN1CCCN(c2ccc(F)cc2)CC1. The Hall–Kier alpha value is -2.40. The Labute approximate surface area is 161 Å². The van der Waals surface area contributed by atoms with Gasteiger partial charge in [0.25, 0.3) is 0 Å². The van der Waals surface area contributed by atoms with Crippen molar-refractivity contribution < 1.29 is 9.18 Å². The maximum atomic E-state index is 13.1. The third-order valence-electron chi connectivity index (χ3n) is 5.13. The number of rotatable bonds is 6. The molecular weight excluding hydrogens is 341 g/mol. The van der Waals surface area contributed by atoms with E-state index in [-0.39, 0.29) is 11.7 Å². The van der Waals surface area contributed by atoms with E-state index in [9.17, 15) is 9.18 Å². The van der Waals surface area contributed by atoms with Crippen molar-refractivity contribution in [1.29, 1.82) is 0 Å². The fraction of sp³-hybridized carbons (Fsp3) is 0.409. The van der Waals surface area contributed by atoms with Gasteiger partial charge in [-0.1, -0.05) is 24.3 Å². The molecule has 0 bridgehead atoms. The van der Waals surface area contributed by atoms with E-state index in [0.717, 1.165) is 44.7 Å². The minimum Gasteiger partial charge on any atom is -0.370 e. The van der Waals surface area contributed by atoms with Crippen LogP contribution in [-0.4, -0.2) is 50.1 Å². The van der Waals surface area contributed by atoms with Crippen LogP contribution in [0.4, 0.5) is 10.1 Å². The second-order valence-electron chi connectivity index (χ2n) is 7.12. The monoisotopic (exact) mass is 369 g/mol.